The van der Waals surface area contributed by atoms with E-state index in [1.54, 1.807) is 0 Å². The fourth-order valence-electron chi connectivity index (χ4n) is 4.43. The van der Waals surface area contributed by atoms with Gasteiger partial charge >= 0.3 is 0 Å². The molecular weight excluding hydrogens is 344 g/mol. The van der Waals surface area contributed by atoms with E-state index in [4.69, 9.17) is 4.74 Å². The highest BCUT2D eigenvalue weighted by atomic mass is 16.5. The van der Waals surface area contributed by atoms with Crippen LogP contribution in [0.5, 0.6) is 5.75 Å². The number of nitrogens with one attached hydrogen (secondary N) is 2. The molecule has 2 aromatic carbocycles. The number of hydrogen-bond acceptors (Lipinski definition) is 4. The van der Waals surface area contributed by atoms with Crippen molar-refractivity contribution in [2.45, 2.75) is 24.7 Å². The molecule has 2 aromatic rings. The van der Waals surface area contributed by atoms with E-state index in [1.165, 1.54) is 0 Å². The minimum absolute atomic E-state index is 0.134. The number of hydrogen-bond donors (Lipinski definition) is 2. The van der Waals surface area contributed by atoms with Gasteiger partial charge in [0.15, 0.2) is 0 Å². The van der Waals surface area contributed by atoms with Crippen LogP contribution in [0, 0.1) is 0 Å². The van der Waals surface area contributed by atoms with E-state index in [-0.39, 0.29) is 24.1 Å². The van der Waals surface area contributed by atoms with Gasteiger partial charge < -0.3 is 10.1 Å². The zero-order valence-corrected chi connectivity index (χ0v) is 14.6. The molecule has 1 aliphatic carbocycles. The molecule has 27 heavy (non-hydrogen) atoms. The minimum Gasteiger partial charge on any atom is -0.491 e. The highest BCUT2D eigenvalue weighted by Crippen LogP contribution is 2.45. The van der Waals surface area contributed by atoms with Crippen LogP contribution in [0.3, 0.4) is 0 Å². The number of aryl methyl sites for hydroxylation is 1. The predicted molar refractivity (Wildman–Crippen MR) is 97.5 cm³/mol. The van der Waals surface area contributed by atoms with Crippen molar-refractivity contribution >= 4 is 17.7 Å². The Hall–Kier alpha value is -3.15. The molecule has 2 heterocycles. The lowest BCUT2D eigenvalue weighted by Crippen LogP contribution is -2.33. The molecule has 1 fully saturated rings. The summed E-state index contributed by atoms with van der Waals surface area (Å²) < 4.78 is 5.61. The van der Waals surface area contributed by atoms with Gasteiger partial charge in [0.25, 0.3) is 5.91 Å². The Balaban J connectivity index is 1.55. The normalized spacial score (nSPS) is 23.3. The second kappa shape index (κ2) is 5.67. The van der Waals surface area contributed by atoms with E-state index in [0.717, 1.165) is 28.7 Å². The molecule has 5 rings (SSSR count). The van der Waals surface area contributed by atoms with E-state index >= 15 is 0 Å². The molecule has 0 bridgehead atoms. The summed E-state index contributed by atoms with van der Waals surface area (Å²) in [5.41, 5.74) is 3.77. The fraction of sp³-hybridized carbons (Fsp3) is 0.286. The zero-order chi connectivity index (χ0) is 18.6. The Kier molecular flexibility index (Phi) is 3.37. The van der Waals surface area contributed by atoms with Crippen molar-refractivity contribution in [3.63, 3.8) is 0 Å². The van der Waals surface area contributed by atoms with Gasteiger partial charge in [-0.1, -0.05) is 24.3 Å². The Morgan fingerprint density at radius 3 is 2.63 bits per heavy atom. The van der Waals surface area contributed by atoms with Crippen LogP contribution >= 0.6 is 0 Å². The third-order valence-corrected chi connectivity index (χ3v) is 5.79. The Morgan fingerprint density at radius 1 is 1.00 bits per heavy atom. The molecule has 1 spiro atoms. The van der Waals surface area contributed by atoms with E-state index in [0.29, 0.717) is 30.9 Å². The summed E-state index contributed by atoms with van der Waals surface area (Å²) in [5, 5.41) is 5.27. The van der Waals surface area contributed by atoms with Crippen LogP contribution in [0.4, 0.5) is 0 Å². The zero-order valence-electron chi connectivity index (χ0n) is 14.6. The number of amides is 3. The van der Waals surface area contributed by atoms with Crippen LogP contribution in [0.2, 0.25) is 0 Å². The molecular formula is C21H18N2O4. The molecule has 136 valence electrons. The van der Waals surface area contributed by atoms with Gasteiger partial charge in [-0.3, -0.25) is 19.7 Å². The first-order valence-corrected chi connectivity index (χ1v) is 9.10. The van der Waals surface area contributed by atoms with Crippen molar-refractivity contribution in [2.75, 3.05) is 13.2 Å². The van der Waals surface area contributed by atoms with Gasteiger partial charge in [0.1, 0.15) is 12.4 Å². The lowest BCUT2D eigenvalue weighted by Gasteiger charge is -2.20. The number of carbonyl (C=O) groups excluding carboxylic acids is 3. The molecule has 3 aliphatic rings. The van der Waals surface area contributed by atoms with Gasteiger partial charge in [0.05, 0.1) is 17.5 Å². The Morgan fingerprint density at radius 2 is 1.81 bits per heavy atom. The first kappa shape index (κ1) is 16.1. The molecule has 6 nitrogen and oxygen atoms in total. The monoisotopic (exact) mass is 362 g/mol. The van der Waals surface area contributed by atoms with E-state index in [2.05, 4.69) is 16.7 Å². The van der Waals surface area contributed by atoms with Crippen LogP contribution < -0.4 is 15.4 Å². The molecule has 2 N–H and O–H groups in total. The summed E-state index contributed by atoms with van der Waals surface area (Å²) in [5.74, 6) is 0.0761. The number of ether oxygens (including phenoxy) is 1. The summed E-state index contributed by atoms with van der Waals surface area (Å²) in [6, 6.07) is 11.6. The summed E-state index contributed by atoms with van der Waals surface area (Å²) in [7, 11) is 0. The molecule has 1 unspecified atom stereocenters. The van der Waals surface area contributed by atoms with E-state index in [1.807, 2.05) is 30.3 Å². The Labute approximate surface area is 155 Å². The van der Waals surface area contributed by atoms with Crippen molar-refractivity contribution in [3.05, 3.63) is 53.1 Å². The topological polar surface area (TPSA) is 84.5 Å². The largest absolute Gasteiger partial charge is 0.491 e. The van der Waals surface area contributed by atoms with Crippen molar-refractivity contribution in [3.8, 4) is 16.9 Å². The number of carbonyl (C=O) groups is 3. The van der Waals surface area contributed by atoms with Gasteiger partial charge in [0, 0.05) is 6.42 Å². The first-order valence-electron chi connectivity index (χ1n) is 9.10. The third kappa shape index (κ3) is 2.36. The molecule has 0 aromatic heterocycles. The van der Waals surface area contributed by atoms with Crippen LogP contribution in [-0.4, -0.2) is 30.9 Å². The lowest BCUT2D eigenvalue weighted by molar-refractivity contribution is -0.126. The maximum absolute atomic E-state index is 12.4. The SMILES string of the molecule is O=C1CC2(CCc3cc(-c4ccc5c(c4)C(=O)NCCO5)ccc32)C(=O)N1. The molecule has 0 saturated carbocycles. The molecule has 6 heteroatoms. The van der Waals surface area contributed by atoms with Gasteiger partial charge in [-0.05, 0) is 47.2 Å². The van der Waals surface area contributed by atoms with Crippen LogP contribution in [0.1, 0.15) is 34.3 Å². The smallest absolute Gasteiger partial charge is 0.255 e. The van der Waals surface area contributed by atoms with Crippen molar-refractivity contribution in [1.82, 2.24) is 10.6 Å². The summed E-state index contributed by atoms with van der Waals surface area (Å²) >= 11 is 0. The van der Waals surface area contributed by atoms with Crippen LogP contribution in [0.15, 0.2) is 36.4 Å². The summed E-state index contributed by atoms with van der Waals surface area (Å²) in [4.78, 5) is 36.3. The van der Waals surface area contributed by atoms with Crippen molar-refractivity contribution in [2.24, 2.45) is 0 Å². The number of fused-ring (bicyclic) bond motifs is 3. The van der Waals surface area contributed by atoms with Crippen molar-refractivity contribution < 1.29 is 19.1 Å². The van der Waals surface area contributed by atoms with Crippen molar-refractivity contribution in [1.29, 1.82) is 0 Å². The fourth-order valence-corrected chi connectivity index (χ4v) is 4.43. The standard InChI is InChI=1S/C21H18N2O4/c24-18-11-21(20(26)23-18)6-5-14-9-12(1-3-16(14)21)13-2-4-17-15(10-13)19(25)22-7-8-27-17/h1-4,9-10H,5-8,11H2,(H,22,25)(H,23,24,26). The number of imide groups is 1. The number of rotatable bonds is 1. The van der Waals surface area contributed by atoms with Gasteiger partial charge in [0.2, 0.25) is 11.8 Å². The van der Waals surface area contributed by atoms with Gasteiger partial charge in [-0.15, -0.1) is 0 Å². The van der Waals surface area contributed by atoms with Gasteiger partial charge in [-0.25, -0.2) is 0 Å². The number of benzene rings is 2. The molecule has 3 amide bonds. The second-order valence-corrected chi connectivity index (χ2v) is 7.32. The first-order chi connectivity index (χ1) is 13.1. The molecule has 0 radical (unpaired) electrons. The molecule has 1 saturated heterocycles. The van der Waals surface area contributed by atoms with Crippen LogP contribution in [-0.2, 0) is 21.4 Å². The predicted octanol–water partition coefficient (Wildman–Crippen LogP) is 1.71. The van der Waals surface area contributed by atoms with E-state index in [9.17, 15) is 14.4 Å². The highest BCUT2D eigenvalue weighted by molar-refractivity contribution is 6.09. The third-order valence-electron chi connectivity index (χ3n) is 5.79. The lowest BCUT2D eigenvalue weighted by atomic mass is 9.80. The average molecular weight is 362 g/mol. The minimum atomic E-state index is -0.702. The maximum Gasteiger partial charge on any atom is 0.255 e. The maximum atomic E-state index is 12.4. The summed E-state index contributed by atoms with van der Waals surface area (Å²) in [6.45, 7) is 0.949. The molecule has 1 atom stereocenters. The summed E-state index contributed by atoms with van der Waals surface area (Å²) in [6.07, 6.45) is 1.65. The quantitative estimate of drug-likeness (QED) is 0.757. The Bertz CT molecular complexity index is 1010. The van der Waals surface area contributed by atoms with Gasteiger partial charge in [-0.2, -0.15) is 0 Å². The van der Waals surface area contributed by atoms with E-state index < -0.39 is 5.41 Å². The van der Waals surface area contributed by atoms with Crippen LogP contribution in [0.25, 0.3) is 11.1 Å². The highest BCUT2D eigenvalue weighted by Gasteiger charge is 2.51. The molecule has 2 aliphatic heterocycles. The second-order valence-electron chi connectivity index (χ2n) is 7.32. The average Bonchev–Trinajstić information content (AvgIpc) is 3.10.